The van der Waals surface area contributed by atoms with Crippen LogP contribution in [-0.4, -0.2) is 145 Å². The van der Waals surface area contributed by atoms with E-state index in [2.05, 4.69) is 90.1 Å². The lowest BCUT2D eigenvalue weighted by Gasteiger charge is -2.33. The van der Waals surface area contributed by atoms with Crippen LogP contribution in [0, 0.1) is 0 Å². The fraction of sp³-hybridized carbons (Fsp3) is 0.357. The van der Waals surface area contributed by atoms with Gasteiger partial charge in [-0.3, -0.25) is 0 Å². The highest BCUT2D eigenvalue weighted by atomic mass is 35.5. The molecular weight excluding hydrogens is 1080 g/mol. The predicted octanol–water partition coefficient (Wildman–Crippen LogP) is 9.68. The van der Waals surface area contributed by atoms with Crippen molar-refractivity contribution in [3.63, 3.8) is 0 Å². The Morgan fingerprint density at radius 2 is 0.949 bits per heavy atom. The van der Waals surface area contributed by atoms with Gasteiger partial charge in [0.05, 0.1) is 78.3 Å². The van der Waals surface area contributed by atoms with Gasteiger partial charge in [0, 0.05) is 93.7 Å². The van der Waals surface area contributed by atoms with Crippen LogP contribution in [0.1, 0.15) is 45.2 Å². The number of nitrogens with one attached hydrogen (secondary N) is 4. The van der Waals surface area contributed by atoms with E-state index in [4.69, 9.17) is 65.4 Å². The number of carbonyl (C=O) groups excluding carboxylic acids is 2. The summed E-state index contributed by atoms with van der Waals surface area (Å²) >= 11 is 26.0. The van der Waals surface area contributed by atoms with Gasteiger partial charge in [-0.2, -0.15) is 0 Å². The number of rotatable bonds is 24. The number of hydrogen-bond acceptors (Lipinski definition) is 12. The Bertz CT molecular complexity index is 2940. The molecule has 18 nitrogen and oxygen atoms in total. The standard InChI is InChI=1S/C56H62Cl4N12O6/c1-69-31-47(45-27-41(57)29-51(59)49(45)33-69)37-5-3-7-39(25-37)53-35-71(67-65-53)15-19-77-23-21-75-17-13-61-55(73)63-43-9-11-44(12-10-43)64-56(74)62-14-18-76-22-24-78-20-16-72-36-54(66-68-72)40-8-4-6-38(26-40)48-32-70(2)34-50-46(48)28-42(58)30-52(50)60/h3-12,25-30,35-36,47-48H,13-24,31-34H2,1-2H3,(H2,61,63,73)(H2,62,64,74)/t47-,48-/m0/s1. The van der Waals surface area contributed by atoms with Crippen LogP contribution in [0.25, 0.3) is 22.5 Å². The van der Waals surface area contributed by atoms with Crippen LogP contribution in [0.2, 0.25) is 20.1 Å². The summed E-state index contributed by atoms with van der Waals surface area (Å²) in [5, 5.41) is 31.2. The van der Waals surface area contributed by atoms with E-state index in [1.165, 1.54) is 0 Å². The Hall–Kier alpha value is -6.16. The first-order valence-electron chi connectivity index (χ1n) is 25.8. The van der Waals surface area contributed by atoms with Crippen molar-refractivity contribution in [1.82, 2.24) is 50.4 Å². The number of aromatic nitrogens is 6. The van der Waals surface area contributed by atoms with Crippen LogP contribution in [0.15, 0.2) is 109 Å². The molecule has 5 aromatic carbocycles. The largest absolute Gasteiger partial charge is 0.377 e. The van der Waals surface area contributed by atoms with E-state index in [1.54, 1.807) is 33.6 Å². The van der Waals surface area contributed by atoms with Crippen molar-refractivity contribution in [3.05, 3.63) is 163 Å². The summed E-state index contributed by atoms with van der Waals surface area (Å²) in [4.78, 5) is 29.4. The van der Waals surface area contributed by atoms with Gasteiger partial charge < -0.3 is 50.0 Å². The van der Waals surface area contributed by atoms with Crippen LogP contribution in [0.5, 0.6) is 0 Å². The molecule has 7 aromatic rings. The molecule has 2 aliphatic heterocycles. The lowest BCUT2D eigenvalue weighted by molar-refractivity contribution is 0.0455. The predicted molar refractivity (Wildman–Crippen MR) is 304 cm³/mol. The van der Waals surface area contributed by atoms with Gasteiger partial charge in [0.25, 0.3) is 0 Å². The molecule has 78 heavy (non-hydrogen) atoms. The van der Waals surface area contributed by atoms with Gasteiger partial charge in [-0.05, 0) is 108 Å². The SMILES string of the molecule is CN1Cc2c(Cl)cc(Cl)cc2[C@H](c2cccc(-c3cn(CCOCCOCCNC(=O)Nc4ccc(NC(=O)NCCOCCOCCn5cc(-c6cccc([C@@H]7CN(C)Cc8c(Cl)cc(Cl)cc87)c6)nn5)cc4)nn3)c2)C1. The Morgan fingerprint density at radius 1 is 0.538 bits per heavy atom. The van der Waals surface area contributed by atoms with Crippen LogP contribution in [0.4, 0.5) is 21.0 Å². The number of urea groups is 2. The zero-order chi connectivity index (χ0) is 54.4. The molecule has 0 radical (unpaired) electrons. The van der Waals surface area contributed by atoms with Gasteiger partial charge in [-0.25, -0.2) is 19.0 Å². The van der Waals surface area contributed by atoms with Gasteiger partial charge in [-0.15, -0.1) is 10.2 Å². The smallest absolute Gasteiger partial charge is 0.319 e. The molecule has 2 aliphatic rings. The minimum Gasteiger partial charge on any atom is -0.377 e. The van der Waals surface area contributed by atoms with E-state index in [-0.39, 0.29) is 23.9 Å². The zero-order valence-electron chi connectivity index (χ0n) is 43.4. The van der Waals surface area contributed by atoms with Gasteiger partial charge in [0.15, 0.2) is 0 Å². The van der Waals surface area contributed by atoms with Crippen molar-refractivity contribution in [2.75, 3.05) is 104 Å². The molecule has 0 saturated carbocycles. The molecule has 0 unspecified atom stereocenters. The van der Waals surface area contributed by atoms with Gasteiger partial charge in [0.1, 0.15) is 11.4 Å². The Kier molecular flexibility index (Phi) is 20.0. The number of nitrogens with zero attached hydrogens (tertiary/aromatic N) is 8. The van der Waals surface area contributed by atoms with Gasteiger partial charge in [0.2, 0.25) is 0 Å². The maximum atomic E-state index is 12.4. The van der Waals surface area contributed by atoms with Crippen LogP contribution >= 0.6 is 46.4 Å². The zero-order valence-corrected chi connectivity index (χ0v) is 46.4. The average molecular weight is 1140 g/mol. The molecule has 410 valence electrons. The lowest BCUT2D eigenvalue weighted by atomic mass is 9.84. The molecule has 4 heterocycles. The second-order valence-electron chi connectivity index (χ2n) is 19.2. The summed E-state index contributed by atoms with van der Waals surface area (Å²) in [6.07, 6.45) is 3.83. The van der Waals surface area contributed by atoms with Crippen molar-refractivity contribution >= 4 is 69.8 Å². The van der Waals surface area contributed by atoms with Crippen molar-refractivity contribution in [2.45, 2.75) is 38.0 Å². The molecule has 2 aromatic heterocycles. The van der Waals surface area contributed by atoms with Crippen LogP contribution in [-0.2, 0) is 45.1 Å². The van der Waals surface area contributed by atoms with E-state index in [1.807, 2.05) is 60.9 Å². The monoisotopic (exact) mass is 1140 g/mol. The van der Waals surface area contributed by atoms with E-state index in [9.17, 15) is 9.59 Å². The third-order valence-electron chi connectivity index (χ3n) is 13.4. The quantitative estimate of drug-likeness (QED) is 0.0421. The molecule has 9 rings (SSSR count). The van der Waals surface area contributed by atoms with E-state index >= 15 is 0 Å². The first-order valence-corrected chi connectivity index (χ1v) is 27.3. The summed E-state index contributed by atoms with van der Waals surface area (Å²) in [7, 11) is 4.20. The topological polar surface area (TPSA) is 187 Å². The summed E-state index contributed by atoms with van der Waals surface area (Å²) in [5.41, 5.74) is 11.5. The Labute approximate surface area is 473 Å². The first-order chi connectivity index (χ1) is 37.9. The van der Waals surface area contributed by atoms with E-state index in [0.717, 1.165) is 82.1 Å². The number of amides is 4. The number of hydrogen-bond donors (Lipinski definition) is 4. The summed E-state index contributed by atoms with van der Waals surface area (Å²) in [6, 6.07) is 30.4. The minimum atomic E-state index is -0.380. The van der Waals surface area contributed by atoms with Crippen molar-refractivity contribution in [1.29, 1.82) is 0 Å². The highest BCUT2D eigenvalue weighted by molar-refractivity contribution is 6.35. The minimum absolute atomic E-state index is 0.125. The summed E-state index contributed by atoms with van der Waals surface area (Å²) in [6.45, 7) is 7.96. The molecule has 0 spiro atoms. The van der Waals surface area contributed by atoms with E-state index in [0.29, 0.717) is 110 Å². The first kappa shape index (κ1) is 56.6. The number of halogens is 4. The van der Waals surface area contributed by atoms with Gasteiger partial charge >= 0.3 is 12.1 Å². The number of benzene rings is 5. The molecule has 0 saturated heterocycles. The summed E-state index contributed by atoms with van der Waals surface area (Å²) in [5.74, 6) is 0.249. The number of carbonyl (C=O) groups is 2. The van der Waals surface area contributed by atoms with Crippen molar-refractivity contribution < 1.29 is 28.5 Å². The second kappa shape index (κ2) is 27.6. The molecular formula is C56H62Cl4N12O6. The Balaban J connectivity index is 0.577. The third-order valence-corrected chi connectivity index (χ3v) is 14.5. The van der Waals surface area contributed by atoms with Crippen LogP contribution in [0.3, 0.4) is 0 Å². The average Bonchev–Trinajstić information content (AvgIpc) is 4.15. The van der Waals surface area contributed by atoms with Crippen molar-refractivity contribution in [3.8, 4) is 22.5 Å². The maximum absolute atomic E-state index is 12.4. The molecule has 22 heteroatoms. The summed E-state index contributed by atoms with van der Waals surface area (Å²) < 4.78 is 26.3. The van der Waals surface area contributed by atoms with Gasteiger partial charge in [-0.1, -0.05) is 93.2 Å². The molecule has 0 aliphatic carbocycles. The van der Waals surface area contributed by atoms with Crippen LogP contribution < -0.4 is 21.3 Å². The normalized spacial score (nSPS) is 15.4. The highest BCUT2D eigenvalue weighted by Crippen LogP contribution is 2.41. The fourth-order valence-corrected chi connectivity index (χ4v) is 10.7. The molecule has 0 fully saturated rings. The van der Waals surface area contributed by atoms with Crippen molar-refractivity contribution in [2.24, 2.45) is 0 Å². The third kappa shape index (κ3) is 15.6. The fourth-order valence-electron chi connectivity index (χ4n) is 9.59. The number of likely N-dealkylation sites (N-methyl/N-ethyl adjacent to an activating group) is 2. The molecule has 4 amide bonds. The lowest BCUT2D eigenvalue weighted by Crippen LogP contribution is -2.32. The molecule has 4 N–H and O–H groups in total. The van der Waals surface area contributed by atoms with E-state index < -0.39 is 0 Å². The molecule has 0 bridgehead atoms. The number of anilines is 2. The second-order valence-corrected chi connectivity index (χ2v) is 20.9. The number of fused-ring (bicyclic) bond motifs is 2. The highest BCUT2D eigenvalue weighted by Gasteiger charge is 2.29. The Morgan fingerprint density at radius 3 is 1.37 bits per heavy atom. The molecule has 2 atom stereocenters. The number of ether oxygens (including phenoxy) is 4. The maximum Gasteiger partial charge on any atom is 0.319 e.